The smallest absolute Gasteiger partial charge is 0.129 e. The number of nitrogens with zero attached hydrogens (tertiary/aromatic N) is 1. The van der Waals surface area contributed by atoms with E-state index in [2.05, 4.69) is 47.5 Å². The van der Waals surface area contributed by atoms with Crippen LogP contribution >= 0.6 is 0 Å². The quantitative estimate of drug-likeness (QED) is 0.861. The monoisotopic (exact) mass is 314 g/mol. The standard InChI is InChI=1S/C19H26N2O2/c1-15-11-17(20-12-18-7-8-19(14-22)23-18)9-10-21(15)13-16-5-3-2-4-6-16/h2-8,15,17,20,22H,9-14H2,1H3/t15-,17+/m1/s1. The summed E-state index contributed by atoms with van der Waals surface area (Å²) in [5.41, 5.74) is 1.39. The molecule has 0 saturated carbocycles. The zero-order valence-electron chi connectivity index (χ0n) is 13.7. The summed E-state index contributed by atoms with van der Waals surface area (Å²) in [4.78, 5) is 2.56. The second-order valence-corrected chi connectivity index (χ2v) is 6.43. The average Bonchev–Trinajstić information content (AvgIpc) is 3.04. The van der Waals surface area contributed by atoms with Crippen LogP contribution in [0.3, 0.4) is 0 Å². The van der Waals surface area contributed by atoms with Gasteiger partial charge in [0.2, 0.25) is 0 Å². The molecule has 3 rings (SSSR count). The van der Waals surface area contributed by atoms with E-state index >= 15 is 0 Å². The molecule has 4 heteroatoms. The van der Waals surface area contributed by atoms with Crippen molar-refractivity contribution in [2.75, 3.05) is 6.54 Å². The number of aliphatic hydroxyl groups excluding tert-OH is 1. The van der Waals surface area contributed by atoms with Crippen molar-refractivity contribution in [3.8, 4) is 0 Å². The van der Waals surface area contributed by atoms with Crippen LogP contribution in [-0.2, 0) is 19.7 Å². The molecule has 2 aromatic rings. The van der Waals surface area contributed by atoms with Gasteiger partial charge in [-0.2, -0.15) is 0 Å². The van der Waals surface area contributed by atoms with Gasteiger partial charge in [-0.15, -0.1) is 0 Å². The lowest BCUT2D eigenvalue weighted by atomic mass is 9.97. The van der Waals surface area contributed by atoms with Crippen molar-refractivity contribution in [2.24, 2.45) is 0 Å². The summed E-state index contributed by atoms with van der Waals surface area (Å²) in [6.45, 7) is 5.17. The molecule has 124 valence electrons. The van der Waals surface area contributed by atoms with Crippen molar-refractivity contribution in [1.29, 1.82) is 0 Å². The molecule has 0 amide bonds. The SMILES string of the molecule is C[C@@H]1C[C@@H](NCc2ccc(CO)o2)CCN1Cc1ccccc1. The molecular weight excluding hydrogens is 288 g/mol. The van der Waals surface area contributed by atoms with E-state index in [0.717, 1.165) is 38.2 Å². The van der Waals surface area contributed by atoms with E-state index in [1.807, 2.05) is 12.1 Å². The minimum absolute atomic E-state index is 0.0328. The van der Waals surface area contributed by atoms with E-state index in [9.17, 15) is 0 Å². The molecule has 1 fully saturated rings. The molecule has 1 aromatic heterocycles. The number of piperidine rings is 1. The van der Waals surface area contributed by atoms with Gasteiger partial charge >= 0.3 is 0 Å². The first kappa shape index (κ1) is 16.2. The molecule has 1 saturated heterocycles. The number of rotatable bonds is 6. The van der Waals surface area contributed by atoms with E-state index in [0.29, 0.717) is 17.8 Å². The number of hydrogen-bond donors (Lipinski definition) is 2. The van der Waals surface area contributed by atoms with Gasteiger partial charge in [0.15, 0.2) is 0 Å². The Morgan fingerprint density at radius 3 is 2.65 bits per heavy atom. The average molecular weight is 314 g/mol. The molecule has 1 aliphatic heterocycles. The van der Waals surface area contributed by atoms with E-state index in [1.165, 1.54) is 5.56 Å². The second-order valence-electron chi connectivity index (χ2n) is 6.43. The van der Waals surface area contributed by atoms with Crippen LogP contribution in [0.4, 0.5) is 0 Å². The van der Waals surface area contributed by atoms with E-state index in [4.69, 9.17) is 9.52 Å². The Bertz CT molecular complexity index is 596. The predicted octanol–water partition coefficient (Wildman–Crippen LogP) is 2.91. The summed E-state index contributed by atoms with van der Waals surface area (Å²) >= 11 is 0. The molecule has 2 heterocycles. The van der Waals surface area contributed by atoms with Gasteiger partial charge in [-0.25, -0.2) is 0 Å². The largest absolute Gasteiger partial charge is 0.462 e. The van der Waals surface area contributed by atoms with Gasteiger partial charge in [0, 0.05) is 25.2 Å². The Balaban J connectivity index is 1.46. The maximum absolute atomic E-state index is 9.03. The zero-order valence-corrected chi connectivity index (χ0v) is 13.7. The molecule has 0 radical (unpaired) electrons. The molecule has 1 aromatic carbocycles. The molecule has 0 bridgehead atoms. The highest BCUT2D eigenvalue weighted by molar-refractivity contribution is 5.14. The van der Waals surface area contributed by atoms with Gasteiger partial charge < -0.3 is 14.8 Å². The fourth-order valence-electron chi connectivity index (χ4n) is 3.31. The lowest BCUT2D eigenvalue weighted by Crippen LogP contribution is -2.46. The topological polar surface area (TPSA) is 48.6 Å². The Labute approximate surface area is 138 Å². The summed E-state index contributed by atoms with van der Waals surface area (Å²) in [5.74, 6) is 1.53. The third kappa shape index (κ3) is 4.44. The normalized spacial score (nSPS) is 22.3. The summed E-state index contributed by atoms with van der Waals surface area (Å²) in [6.07, 6.45) is 2.31. The van der Waals surface area contributed by atoms with Crippen LogP contribution in [0, 0.1) is 0 Å². The number of hydrogen-bond acceptors (Lipinski definition) is 4. The van der Waals surface area contributed by atoms with Crippen molar-refractivity contribution in [3.63, 3.8) is 0 Å². The molecule has 4 nitrogen and oxygen atoms in total. The van der Waals surface area contributed by atoms with Gasteiger partial charge in [-0.1, -0.05) is 30.3 Å². The van der Waals surface area contributed by atoms with Crippen LogP contribution in [0.1, 0.15) is 36.8 Å². The highest BCUT2D eigenvalue weighted by Gasteiger charge is 2.25. The second kappa shape index (κ2) is 7.77. The summed E-state index contributed by atoms with van der Waals surface area (Å²) in [7, 11) is 0. The Morgan fingerprint density at radius 1 is 1.17 bits per heavy atom. The van der Waals surface area contributed by atoms with Crippen LogP contribution < -0.4 is 5.32 Å². The number of furan rings is 1. The molecule has 2 N–H and O–H groups in total. The van der Waals surface area contributed by atoms with Crippen molar-refractivity contribution in [3.05, 3.63) is 59.5 Å². The third-order valence-corrected chi connectivity index (χ3v) is 4.68. The number of benzene rings is 1. The van der Waals surface area contributed by atoms with E-state index < -0.39 is 0 Å². The highest BCUT2D eigenvalue weighted by atomic mass is 16.4. The summed E-state index contributed by atoms with van der Waals surface area (Å²) < 4.78 is 5.53. The first-order chi connectivity index (χ1) is 11.2. The summed E-state index contributed by atoms with van der Waals surface area (Å²) in [5, 5.41) is 12.6. The number of likely N-dealkylation sites (tertiary alicyclic amines) is 1. The first-order valence-electron chi connectivity index (χ1n) is 8.44. The van der Waals surface area contributed by atoms with Gasteiger partial charge in [0.1, 0.15) is 18.1 Å². The lowest BCUT2D eigenvalue weighted by molar-refractivity contribution is 0.127. The van der Waals surface area contributed by atoms with Gasteiger partial charge in [0.25, 0.3) is 0 Å². The molecule has 0 spiro atoms. The number of aliphatic hydroxyl groups is 1. The van der Waals surface area contributed by atoms with Gasteiger partial charge in [0.05, 0.1) is 6.54 Å². The maximum Gasteiger partial charge on any atom is 0.129 e. The van der Waals surface area contributed by atoms with Crippen molar-refractivity contribution in [2.45, 2.75) is 51.5 Å². The predicted molar refractivity (Wildman–Crippen MR) is 90.8 cm³/mol. The Morgan fingerprint density at radius 2 is 1.96 bits per heavy atom. The molecule has 0 aliphatic carbocycles. The van der Waals surface area contributed by atoms with Gasteiger partial charge in [-0.05, 0) is 37.5 Å². The van der Waals surface area contributed by atoms with Crippen LogP contribution in [0.15, 0.2) is 46.9 Å². The maximum atomic E-state index is 9.03. The Kier molecular flexibility index (Phi) is 5.49. The lowest BCUT2D eigenvalue weighted by Gasteiger charge is -2.38. The minimum Gasteiger partial charge on any atom is -0.462 e. The minimum atomic E-state index is -0.0328. The molecule has 2 atom stereocenters. The highest BCUT2D eigenvalue weighted by Crippen LogP contribution is 2.20. The van der Waals surface area contributed by atoms with E-state index in [-0.39, 0.29) is 6.61 Å². The van der Waals surface area contributed by atoms with Gasteiger partial charge in [-0.3, -0.25) is 4.90 Å². The molecule has 1 aliphatic rings. The van der Waals surface area contributed by atoms with Crippen LogP contribution in [-0.4, -0.2) is 28.6 Å². The van der Waals surface area contributed by atoms with Crippen molar-refractivity contribution < 1.29 is 9.52 Å². The molecular formula is C19H26N2O2. The van der Waals surface area contributed by atoms with Crippen molar-refractivity contribution >= 4 is 0 Å². The molecule has 0 unspecified atom stereocenters. The van der Waals surface area contributed by atoms with Crippen LogP contribution in [0.5, 0.6) is 0 Å². The van der Waals surface area contributed by atoms with E-state index in [1.54, 1.807) is 0 Å². The third-order valence-electron chi connectivity index (χ3n) is 4.68. The first-order valence-corrected chi connectivity index (χ1v) is 8.44. The Hall–Kier alpha value is -1.62. The fraction of sp³-hybridized carbons (Fsp3) is 0.474. The van der Waals surface area contributed by atoms with Crippen LogP contribution in [0.25, 0.3) is 0 Å². The fourth-order valence-corrected chi connectivity index (χ4v) is 3.31. The zero-order chi connectivity index (χ0) is 16.1. The summed E-state index contributed by atoms with van der Waals surface area (Å²) in [6, 6.07) is 15.6. The molecule has 23 heavy (non-hydrogen) atoms. The van der Waals surface area contributed by atoms with Crippen LogP contribution in [0.2, 0.25) is 0 Å². The number of nitrogens with one attached hydrogen (secondary N) is 1. The van der Waals surface area contributed by atoms with Crippen molar-refractivity contribution in [1.82, 2.24) is 10.2 Å².